The van der Waals surface area contributed by atoms with Crippen molar-refractivity contribution in [1.29, 1.82) is 0 Å². The number of Topliss-reactive ketones (excluding diaryl/α,β-unsaturated/α-hetero) is 1. The van der Waals surface area contributed by atoms with Gasteiger partial charge in [0.15, 0.2) is 23.1 Å². The summed E-state index contributed by atoms with van der Waals surface area (Å²) in [6.07, 6.45) is 2.99. The maximum Gasteiger partial charge on any atom is 0.187 e. The molecular formula is C19H19NO4. The van der Waals surface area contributed by atoms with E-state index in [0.29, 0.717) is 22.6 Å². The molecule has 0 amide bonds. The molecule has 0 heterocycles. The highest BCUT2D eigenvalue weighted by molar-refractivity contribution is 6.05. The molecule has 0 bridgehead atoms. The average molecular weight is 325 g/mol. The lowest BCUT2D eigenvalue weighted by atomic mass is 10.1. The molecule has 0 radical (unpaired) electrons. The van der Waals surface area contributed by atoms with E-state index in [9.17, 15) is 9.59 Å². The van der Waals surface area contributed by atoms with Crippen molar-refractivity contribution < 1.29 is 19.1 Å². The van der Waals surface area contributed by atoms with E-state index in [0.717, 1.165) is 5.69 Å². The topological polar surface area (TPSA) is 64.6 Å². The first-order valence-corrected chi connectivity index (χ1v) is 7.35. The normalized spacial score (nSPS) is 10.5. The second-order valence-corrected chi connectivity index (χ2v) is 5.05. The van der Waals surface area contributed by atoms with Gasteiger partial charge in [-0.2, -0.15) is 0 Å². The number of methoxy groups -OCH3 is 2. The lowest BCUT2D eigenvalue weighted by Gasteiger charge is -2.08. The van der Waals surface area contributed by atoms with Crippen molar-refractivity contribution in [3.8, 4) is 11.5 Å². The van der Waals surface area contributed by atoms with Crippen molar-refractivity contribution in [3.63, 3.8) is 0 Å². The van der Waals surface area contributed by atoms with Gasteiger partial charge in [-0.3, -0.25) is 9.59 Å². The number of carbonyl (C=O) groups excluding carboxylic acids is 2. The molecule has 24 heavy (non-hydrogen) atoms. The Hall–Kier alpha value is -3.08. The Morgan fingerprint density at radius 3 is 2.12 bits per heavy atom. The van der Waals surface area contributed by atoms with E-state index in [2.05, 4.69) is 5.32 Å². The summed E-state index contributed by atoms with van der Waals surface area (Å²) in [7, 11) is 3.06. The average Bonchev–Trinajstić information content (AvgIpc) is 2.61. The maximum absolute atomic E-state index is 12.2. The molecule has 124 valence electrons. The molecule has 0 saturated heterocycles. The molecule has 5 nitrogen and oxygen atoms in total. The van der Waals surface area contributed by atoms with Crippen LogP contribution in [0.5, 0.6) is 11.5 Å². The molecule has 2 rings (SSSR count). The molecule has 0 spiro atoms. The molecule has 0 aromatic heterocycles. The van der Waals surface area contributed by atoms with Crippen LogP contribution < -0.4 is 14.8 Å². The summed E-state index contributed by atoms with van der Waals surface area (Å²) in [6, 6.07) is 12.0. The minimum atomic E-state index is -0.163. The first-order chi connectivity index (χ1) is 11.5. The second-order valence-electron chi connectivity index (χ2n) is 5.05. The third-order valence-electron chi connectivity index (χ3n) is 3.44. The van der Waals surface area contributed by atoms with Crippen LogP contribution in [0.1, 0.15) is 27.6 Å². The van der Waals surface area contributed by atoms with Gasteiger partial charge >= 0.3 is 0 Å². The SMILES string of the molecule is COc1ccc(C(=O)/C=C/Nc2ccc(C(C)=O)cc2)cc1OC. The van der Waals surface area contributed by atoms with Gasteiger partial charge in [-0.15, -0.1) is 0 Å². The van der Waals surface area contributed by atoms with E-state index in [1.807, 2.05) is 0 Å². The van der Waals surface area contributed by atoms with Crippen LogP contribution in [0.15, 0.2) is 54.7 Å². The van der Waals surface area contributed by atoms with Crippen LogP contribution in [-0.4, -0.2) is 25.8 Å². The van der Waals surface area contributed by atoms with Gasteiger partial charge in [0, 0.05) is 29.1 Å². The first-order valence-electron chi connectivity index (χ1n) is 7.35. The van der Waals surface area contributed by atoms with Gasteiger partial charge in [0.05, 0.1) is 14.2 Å². The smallest absolute Gasteiger partial charge is 0.187 e. The van der Waals surface area contributed by atoms with Crippen LogP contribution in [0.25, 0.3) is 0 Å². The van der Waals surface area contributed by atoms with Crippen LogP contribution in [0.4, 0.5) is 5.69 Å². The Kier molecular flexibility index (Phi) is 5.73. The van der Waals surface area contributed by atoms with Gasteiger partial charge in [-0.05, 0) is 49.4 Å². The van der Waals surface area contributed by atoms with Crippen LogP contribution in [-0.2, 0) is 0 Å². The molecule has 0 unspecified atom stereocenters. The summed E-state index contributed by atoms with van der Waals surface area (Å²) < 4.78 is 10.3. The van der Waals surface area contributed by atoms with E-state index in [1.165, 1.54) is 20.1 Å². The summed E-state index contributed by atoms with van der Waals surface area (Å²) in [5, 5.41) is 2.99. The molecule has 0 atom stereocenters. The Morgan fingerprint density at radius 2 is 1.54 bits per heavy atom. The highest BCUT2D eigenvalue weighted by Crippen LogP contribution is 2.27. The highest BCUT2D eigenvalue weighted by Gasteiger charge is 2.08. The molecule has 0 aliphatic rings. The predicted molar refractivity (Wildman–Crippen MR) is 93.1 cm³/mol. The van der Waals surface area contributed by atoms with Gasteiger partial charge < -0.3 is 14.8 Å². The van der Waals surface area contributed by atoms with E-state index in [1.54, 1.807) is 55.8 Å². The van der Waals surface area contributed by atoms with Crippen LogP contribution >= 0.6 is 0 Å². The fraction of sp³-hybridized carbons (Fsp3) is 0.158. The van der Waals surface area contributed by atoms with Gasteiger partial charge in [-0.25, -0.2) is 0 Å². The highest BCUT2D eigenvalue weighted by atomic mass is 16.5. The van der Waals surface area contributed by atoms with Crippen molar-refractivity contribution >= 4 is 17.3 Å². The number of carbonyl (C=O) groups is 2. The summed E-state index contributed by atoms with van der Waals surface area (Å²) in [4.78, 5) is 23.4. The summed E-state index contributed by atoms with van der Waals surface area (Å²) in [5.41, 5.74) is 1.93. The van der Waals surface area contributed by atoms with Crippen LogP contribution in [0.3, 0.4) is 0 Å². The summed E-state index contributed by atoms with van der Waals surface area (Å²) in [5.74, 6) is 0.927. The van der Waals surface area contributed by atoms with E-state index in [4.69, 9.17) is 9.47 Å². The fourth-order valence-corrected chi connectivity index (χ4v) is 2.10. The summed E-state index contributed by atoms with van der Waals surface area (Å²) in [6.45, 7) is 1.52. The number of hydrogen-bond acceptors (Lipinski definition) is 5. The van der Waals surface area contributed by atoms with Gasteiger partial charge in [-0.1, -0.05) is 0 Å². The quantitative estimate of drug-likeness (QED) is 0.621. The van der Waals surface area contributed by atoms with Gasteiger partial charge in [0.2, 0.25) is 0 Å². The van der Waals surface area contributed by atoms with Crippen LogP contribution in [0.2, 0.25) is 0 Å². The number of benzene rings is 2. The molecule has 0 saturated carbocycles. The second kappa shape index (κ2) is 7.97. The minimum absolute atomic E-state index is 0.0146. The van der Waals surface area contributed by atoms with Gasteiger partial charge in [0.25, 0.3) is 0 Å². The maximum atomic E-state index is 12.2. The number of rotatable bonds is 7. The standard InChI is InChI=1S/C19H19NO4/c1-13(21)14-4-7-16(8-5-14)20-11-10-17(22)15-6-9-18(23-2)19(12-15)24-3/h4-12,20H,1-3H3/b11-10+. The third kappa shape index (κ3) is 4.23. The Morgan fingerprint density at radius 1 is 0.917 bits per heavy atom. The molecule has 1 N–H and O–H groups in total. The van der Waals surface area contributed by atoms with E-state index < -0.39 is 0 Å². The number of ketones is 2. The fourth-order valence-electron chi connectivity index (χ4n) is 2.10. The largest absolute Gasteiger partial charge is 0.493 e. The minimum Gasteiger partial charge on any atom is -0.493 e. The van der Waals surface area contributed by atoms with Crippen molar-refractivity contribution in [3.05, 3.63) is 65.9 Å². The predicted octanol–water partition coefficient (Wildman–Crippen LogP) is 3.71. The lowest BCUT2D eigenvalue weighted by molar-refractivity contribution is 0.101. The van der Waals surface area contributed by atoms with Crippen molar-refractivity contribution in [2.75, 3.05) is 19.5 Å². The third-order valence-corrected chi connectivity index (χ3v) is 3.44. The number of hydrogen-bond donors (Lipinski definition) is 1. The van der Waals surface area contributed by atoms with E-state index >= 15 is 0 Å². The zero-order valence-corrected chi connectivity index (χ0v) is 13.8. The van der Waals surface area contributed by atoms with Crippen molar-refractivity contribution in [1.82, 2.24) is 0 Å². The zero-order chi connectivity index (χ0) is 17.5. The summed E-state index contributed by atoms with van der Waals surface area (Å²) >= 11 is 0. The van der Waals surface area contributed by atoms with Crippen LogP contribution in [0, 0.1) is 0 Å². The zero-order valence-electron chi connectivity index (χ0n) is 13.8. The Labute approximate surface area is 140 Å². The molecule has 2 aromatic rings. The number of nitrogens with one attached hydrogen (secondary N) is 1. The number of ether oxygens (including phenoxy) is 2. The molecule has 0 fully saturated rings. The van der Waals surface area contributed by atoms with Crippen molar-refractivity contribution in [2.45, 2.75) is 6.92 Å². The lowest BCUT2D eigenvalue weighted by Crippen LogP contribution is -1.99. The molecule has 0 aliphatic carbocycles. The van der Waals surface area contributed by atoms with Gasteiger partial charge in [0.1, 0.15) is 0 Å². The Balaban J connectivity index is 2.03. The van der Waals surface area contributed by atoms with Crippen molar-refractivity contribution in [2.24, 2.45) is 0 Å². The number of allylic oxidation sites excluding steroid dienone is 1. The molecular weight excluding hydrogens is 306 g/mol. The number of anilines is 1. The first kappa shape index (κ1) is 17.3. The molecule has 0 aliphatic heterocycles. The Bertz CT molecular complexity index is 763. The van der Waals surface area contributed by atoms with E-state index in [-0.39, 0.29) is 11.6 Å². The molecule has 2 aromatic carbocycles. The molecule has 5 heteroatoms. The monoisotopic (exact) mass is 325 g/mol.